The van der Waals surface area contributed by atoms with E-state index in [0.29, 0.717) is 11.3 Å². The standard InChI is InChI=1S/C24H26N2O3S/c1-18-8-6-12-22(16-18)26-30(28,29)23-13-7-11-21(17-23)24(27)25-19(2)14-15-20-9-4-3-5-10-20/h3-13,16-17,19,26H,14-15H2,1-2H3,(H,25,27). The number of amides is 1. The molecule has 3 aromatic carbocycles. The zero-order valence-electron chi connectivity index (χ0n) is 17.1. The minimum Gasteiger partial charge on any atom is -0.350 e. The van der Waals surface area contributed by atoms with E-state index < -0.39 is 10.0 Å². The Morgan fingerprint density at radius 3 is 2.40 bits per heavy atom. The molecule has 3 aromatic rings. The van der Waals surface area contributed by atoms with Gasteiger partial charge in [-0.2, -0.15) is 0 Å². The Morgan fingerprint density at radius 2 is 1.67 bits per heavy atom. The lowest BCUT2D eigenvalue weighted by molar-refractivity contribution is 0.0938. The van der Waals surface area contributed by atoms with Gasteiger partial charge in [-0.1, -0.05) is 48.5 Å². The molecule has 0 heterocycles. The van der Waals surface area contributed by atoms with Gasteiger partial charge in [-0.25, -0.2) is 8.42 Å². The van der Waals surface area contributed by atoms with Gasteiger partial charge >= 0.3 is 0 Å². The van der Waals surface area contributed by atoms with E-state index >= 15 is 0 Å². The van der Waals surface area contributed by atoms with Crippen LogP contribution in [-0.4, -0.2) is 20.4 Å². The molecule has 0 radical (unpaired) electrons. The maximum atomic E-state index is 12.7. The molecule has 1 unspecified atom stereocenters. The first-order valence-electron chi connectivity index (χ1n) is 9.88. The van der Waals surface area contributed by atoms with E-state index in [2.05, 4.69) is 22.2 Å². The lowest BCUT2D eigenvalue weighted by Gasteiger charge is -2.15. The molecule has 1 amide bonds. The number of nitrogens with one attached hydrogen (secondary N) is 2. The lowest BCUT2D eigenvalue weighted by atomic mass is 10.1. The topological polar surface area (TPSA) is 75.3 Å². The minimum absolute atomic E-state index is 0.0385. The van der Waals surface area contributed by atoms with E-state index in [0.717, 1.165) is 18.4 Å². The fourth-order valence-electron chi connectivity index (χ4n) is 3.13. The van der Waals surface area contributed by atoms with E-state index in [4.69, 9.17) is 0 Å². The summed E-state index contributed by atoms with van der Waals surface area (Å²) in [6.07, 6.45) is 1.65. The number of sulfonamides is 1. The van der Waals surface area contributed by atoms with Gasteiger partial charge in [0.15, 0.2) is 0 Å². The molecule has 0 bridgehead atoms. The summed E-state index contributed by atoms with van der Waals surface area (Å²) in [5.74, 6) is -0.289. The number of hydrogen-bond donors (Lipinski definition) is 2. The van der Waals surface area contributed by atoms with Crippen molar-refractivity contribution in [3.63, 3.8) is 0 Å². The highest BCUT2D eigenvalue weighted by Gasteiger charge is 2.17. The van der Waals surface area contributed by atoms with E-state index in [1.807, 2.05) is 38.1 Å². The van der Waals surface area contributed by atoms with Crippen LogP contribution in [0, 0.1) is 6.92 Å². The number of carbonyl (C=O) groups excluding carboxylic acids is 1. The first-order chi connectivity index (χ1) is 14.3. The van der Waals surface area contributed by atoms with Crippen molar-refractivity contribution in [3.05, 3.63) is 95.6 Å². The van der Waals surface area contributed by atoms with E-state index in [1.165, 1.54) is 17.7 Å². The predicted octanol–water partition coefficient (Wildman–Crippen LogP) is 4.55. The fourth-order valence-corrected chi connectivity index (χ4v) is 4.23. The van der Waals surface area contributed by atoms with Crippen LogP contribution in [0.5, 0.6) is 0 Å². The molecule has 1 atom stereocenters. The van der Waals surface area contributed by atoms with E-state index in [9.17, 15) is 13.2 Å². The van der Waals surface area contributed by atoms with Gasteiger partial charge in [-0.05, 0) is 68.1 Å². The summed E-state index contributed by atoms with van der Waals surface area (Å²) in [7, 11) is -3.79. The third-order valence-electron chi connectivity index (χ3n) is 4.76. The third kappa shape index (κ3) is 5.94. The Balaban J connectivity index is 1.65. The van der Waals surface area contributed by atoms with Gasteiger partial charge in [-0.3, -0.25) is 9.52 Å². The second-order valence-electron chi connectivity index (χ2n) is 7.40. The molecule has 30 heavy (non-hydrogen) atoms. The zero-order chi connectivity index (χ0) is 21.6. The highest BCUT2D eigenvalue weighted by Crippen LogP contribution is 2.18. The molecular weight excluding hydrogens is 396 g/mol. The summed E-state index contributed by atoms with van der Waals surface area (Å²) in [5.41, 5.74) is 2.97. The van der Waals surface area contributed by atoms with Gasteiger partial charge in [0.05, 0.1) is 4.90 Å². The van der Waals surface area contributed by atoms with Gasteiger partial charge in [0.25, 0.3) is 15.9 Å². The number of anilines is 1. The molecule has 5 nitrogen and oxygen atoms in total. The number of carbonyl (C=O) groups is 1. The molecule has 0 fully saturated rings. The predicted molar refractivity (Wildman–Crippen MR) is 120 cm³/mol. The molecule has 6 heteroatoms. The van der Waals surface area contributed by atoms with Gasteiger partial charge in [-0.15, -0.1) is 0 Å². The van der Waals surface area contributed by atoms with Crippen molar-refractivity contribution in [2.75, 3.05) is 4.72 Å². The SMILES string of the molecule is Cc1cccc(NS(=O)(=O)c2cccc(C(=O)NC(C)CCc3ccccc3)c2)c1. The summed E-state index contributed by atoms with van der Waals surface area (Å²) < 4.78 is 28.0. The van der Waals surface area contributed by atoms with Crippen molar-refractivity contribution in [2.24, 2.45) is 0 Å². The van der Waals surface area contributed by atoms with Crippen LogP contribution in [0.15, 0.2) is 83.8 Å². The largest absolute Gasteiger partial charge is 0.350 e. The van der Waals surface area contributed by atoms with Crippen molar-refractivity contribution in [3.8, 4) is 0 Å². The molecule has 0 spiro atoms. The van der Waals surface area contributed by atoms with Crippen LogP contribution >= 0.6 is 0 Å². The first kappa shape index (κ1) is 21.6. The minimum atomic E-state index is -3.79. The molecule has 0 aromatic heterocycles. The number of aryl methyl sites for hydroxylation is 2. The van der Waals surface area contributed by atoms with Gasteiger partial charge in [0, 0.05) is 17.3 Å². The second kappa shape index (κ2) is 9.59. The second-order valence-corrected chi connectivity index (χ2v) is 9.08. The molecular formula is C24H26N2O3S. The van der Waals surface area contributed by atoms with Gasteiger partial charge < -0.3 is 5.32 Å². The maximum absolute atomic E-state index is 12.7. The average Bonchev–Trinajstić information content (AvgIpc) is 2.73. The quantitative estimate of drug-likeness (QED) is 0.559. The molecule has 0 aliphatic carbocycles. The van der Waals surface area contributed by atoms with Crippen molar-refractivity contribution in [1.82, 2.24) is 5.32 Å². The van der Waals surface area contributed by atoms with Gasteiger partial charge in [0.1, 0.15) is 0 Å². The molecule has 3 rings (SSSR count). The molecule has 156 valence electrons. The molecule has 0 aliphatic heterocycles. The van der Waals surface area contributed by atoms with Crippen molar-refractivity contribution >= 4 is 21.6 Å². The zero-order valence-corrected chi connectivity index (χ0v) is 17.9. The van der Waals surface area contributed by atoms with E-state index in [-0.39, 0.29) is 16.8 Å². The first-order valence-corrected chi connectivity index (χ1v) is 11.4. The summed E-state index contributed by atoms with van der Waals surface area (Å²) in [5, 5.41) is 2.95. The Bertz CT molecular complexity index is 1110. The van der Waals surface area contributed by atoms with Crippen LogP contribution in [0.4, 0.5) is 5.69 Å². The lowest BCUT2D eigenvalue weighted by Crippen LogP contribution is -2.33. The van der Waals surface area contributed by atoms with Crippen LogP contribution in [0.25, 0.3) is 0 Å². The highest BCUT2D eigenvalue weighted by atomic mass is 32.2. The maximum Gasteiger partial charge on any atom is 0.261 e. The summed E-state index contributed by atoms with van der Waals surface area (Å²) >= 11 is 0. The number of benzene rings is 3. The molecule has 0 saturated heterocycles. The van der Waals surface area contributed by atoms with Crippen LogP contribution in [0.3, 0.4) is 0 Å². The summed E-state index contributed by atoms with van der Waals surface area (Å²) in [4.78, 5) is 12.7. The normalized spacial score (nSPS) is 12.2. The Kier molecular flexibility index (Phi) is 6.90. The monoisotopic (exact) mass is 422 g/mol. The smallest absolute Gasteiger partial charge is 0.261 e. The van der Waals surface area contributed by atoms with Gasteiger partial charge in [0.2, 0.25) is 0 Å². The number of rotatable bonds is 8. The van der Waals surface area contributed by atoms with Crippen molar-refractivity contribution in [2.45, 2.75) is 37.6 Å². The van der Waals surface area contributed by atoms with Crippen molar-refractivity contribution < 1.29 is 13.2 Å². The van der Waals surface area contributed by atoms with Crippen LogP contribution in [0.2, 0.25) is 0 Å². The number of hydrogen-bond acceptors (Lipinski definition) is 3. The molecule has 2 N–H and O–H groups in total. The molecule has 0 saturated carbocycles. The highest BCUT2D eigenvalue weighted by molar-refractivity contribution is 7.92. The Morgan fingerprint density at radius 1 is 0.933 bits per heavy atom. The van der Waals surface area contributed by atoms with Crippen LogP contribution in [-0.2, 0) is 16.4 Å². The van der Waals surface area contributed by atoms with Crippen LogP contribution < -0.4 is 10.0 Å². The Hall–Kier alpha value is -3.12. The van der Waals surface area contributed by atoms with Crippen molar-refractivity contribution in [1.29, 1.82) is 0 Å². The van der Waals surface area contributed by atoms with E-state index in [1.54, 1.807) is 30.3 Å². The fraction of sp³-hybridized carbons (Fsp3) is 0.208. The Labute approximate surface area is 178 Å². The summed E-state index contributed by atoms with van der Waals surface area (Å²) in [6.45, 7) is 3.84. The molecule has 0 aliphatic rings. The summed E-state index contributed by atoms with van der Waals surface area (Å²) in [6, 6.07) is 23.2. The van der Waals surface area contributed by atoms with Crippen LogP contribution in [0.1, 0.15) is 34.8 Å². The average molecular weight is 423 g/mol. The third-order valence-corrected chi connectivity index (χ3v) is 6.14.